The van der Waals surface area contributed by atoms with E-state index in [4.69, 9.17) is 0 Å². The van der Waals surface area contributed by atoms with Gasteiger partial charge < -0.3 is 25.5 Å². The number of nitrogens with zero attached hydrogens (tertiary/aromatic N) is 2. The highest BCUT2D eigenvalue weighted by Crippen LogP contribution is 2.33. The van der Waals surface area contributed by atoms with Crippen LogP contribution in [0.3, 0.4) is 0 Å². The van der Waals surface area contributed by atoms with Crippen molar-refractivity contribution in [2.75, 3.05) is 23.3 Å². The van der Waals surface area contributed by atoms with E-state index in [0.717, 1.165) is 6.07 Å². The minimum absolute atomic E-state index is 0.0725. The van der Waals surface area contributed by atoms with Crippen LogP contribution >= 0.6 is 0 Å². The summed E-state index contributed by atoms with van der Waals surface area (Å²) < 4.78 is 27.5. The van der Waals surface area contributed by atoms with E-state index in [2.05, 4.69) is 10.6 Å². The molecule has 1 fully saturated rings. The van der Waals surface area contributed by atoms with E-state index in [-0.39, 0.29) is 34.8 Å². The molecule has 3 unspecified atom stereocenters. The van der Waals surface area contributed by atoms with Gasteiger partial charge in [-0.3, -0.25) is 19.2 Å². The van der Waals surface area contributed by atoms with E-state index in [9.17, 15) is 33.1 Å². The number of hydrogen-bond acceptors (Lipinski definition) is 5. The number of carboxylic acids is 1. The Hall–Kier alpha value is -5.58. The summed E-state index contributed by atoms with van der Waals surface area (Å²) in [6.45, 7) is 4.70. The van der Waals surface area contributed by atoms with E-state index in [0.29, 0.717) is 29.9 Å². The van der Waals surface area contributed by atoms with Crippen molar-refractivity contribution in [3.05, 3.63) is 131 Å². The topological polar surface area (TPSA) is 119 Å². The Morgan fingerprint density at radius 2 is 1.45 bits per heavy atom. The standard InChI is InChI=1S/C36H34F2N4O5/c1-22-21-42(36(47)25-7-4-3-5-8-25)23(2)20-41(22)32-16-13-27(18-31(32)40-34(45)26-9-6-10-29(38)17-26)35(46)39-30(19-33(43)44)24-11-14-28(37)15-12-24/h3-18,22-23,30H,19-21H2,1-2H3,(H,39,46)(H,40,45)(H,43,44). The van der Waals surface area contributed by atoms with E-state index in [1.54, 1.807) is 29.2 Å². The Labute approximate surface area is 270 Å². The van der Waals surface area contributed by atoms with Gasteiger partial charge in [-0.1, -0.05) is 36.4 Å². The van der Waals surface area contributed by atoms with Crippen LogP contribution in [0, 0.1) is 11.6 Å². The number of nitrogens with one attached hydrogen (secondary N) is 2. The lowest BCUT2D eigenvalue weighted by Crippen LogP contribution is -2.58. The van der Waals surface area contributed by atoms with Crippen molar-refractivity contribution in [3.63, 3.8) is 0 Å². The molecule has 3 N–H and O–H groups in total. The molecule has 0 radical (unpaired) electrons. The highest BCUT2D eigenvalue weighted by molar-refractivity contribution is 6.07. The SMILES string of the molecule is CC1CN(c2ccc(C(=O)NC(CC(=O)O)c3ccc(F)cc3)cc2NC(=O)c2cccc(F)c2)C(C)CN1C(=O)c1ccccc1. The van der Waals surface area contributed by atoms with Crippen LogP contribution in [0.4, 0.5) is 20.2 Å². The van der Waals surface area contributed by atoms with Gasteiger partial charge in [0, 0.05) is 41.9 Å². The molecule has 9 nitrogen and oxygen atoms in total. The molecular formula is C36H34F2N4O5. The van der Waals surface area contributed by atoms with Crippen LogP contribution in [0.1, 0.15) is 62.9 Å². The van der Waals surface area contributed by atoms with Crippen LogP contribution in [-0.4, -0.2) is 58.9 Å². The lowest BCUT2D eigenvalue weighted by molar-refractivity contribution is -0.137. The first-order valence-electron chi connectivity index (χ1n) is 15.1. The summed E-state index contributed by atoms with van der Waals surface area (Å²) >= 11 is 0. The number of anilines is 2. The summed E-state index contributed by atoms with van der Waals surface area (Å²) in [6, 6.07) is 22.7. The van der Waals surface area contributed by atoms with Crippen LogP contribution in [0.15, 0.2) is 97.1 Å². The Morgan fingerprint density at radius 3 is 2.13 bits per heavy atom. The number of carbonyl (C=O) groups excluding carboxylic acids is 3. The van der Waals surface area contributed by atoms with Gasteiger partial charge in [0.25, 0.3) is 17.7 Å². The molecule has 0 bridgehead atoms. The zero-order valence-corrected chi connectivity index (χ0v) is 25.8. The lowest BCUT2D eigenvalue weighted by Gasteiger charge is -2.45. The Bertz CT molecular complexity index is 1780. The molecule has 0 saturated carbocycles. The molecule has 4 aromatic carbocycles. The van der Waals surface area contributed by atoms with E-state index < -0.39 is 41.9 Å². The molecule has 0 spiro atoms. The Kier molecular flexibility index (Phi) is 9.94. The number of amides is 3. The number of hydrogen-bond donors (Lipinski definition) is 3. The van der Waals surface area contributed by atoms with Gasteiger partial charge in [0.15, 0.2) is 0 Å². The summed E-state index contributed by atoms with van der Waals surface area (Å²) in [7, 11) is 0. The molecule has 0 aliphatic carbocycles. The quantitative estimate of drug-likeness (QED) is 0.210. The monoisotopic (exact) mass is 640 g/mol. The molecule has 4 aromatic rings. The van der Waals surface area contributed by atoms with Crippen LogP contribution in [0.2, 0.25) is 0 Å². The van der Waals surface area contributed by atoms with E-state index in [1.807, 2.05) is 36.9 Å². The highest BCUT2D eigenvalue weighted by atomic mass is 19.1. The Morgan fingerprint density at radius 1 is 0.766 bits per heavy atom. The number of carboxylic acid groups (broad SMARTS) is 1. The van der Waals surface area contributed by atoms with Gasteiger partial charge in [-0.15, -0.1) is 0 Å². The van der Waals surface area contributed by atoms with Crippen molar-refractivity contribution in [2.24, 2.45) is 0 Å². The number of benzene rings is 4. The maximum Gasteiger partial charge on any atom is 0.305 e. The van der Waals surface area contributed by atoms with Gasteiger partial charge in [-0.2, -0.15) is 0 Å². The molecule has 5 rings (SSSR count). The molecule has 1 saturated heterocycles. The second kappa shape index (κ2) is 14.2. The number of aliphatic carboxylic acids is 1. The van der Waals surface area contributed by atoms with Gasteiger partial charge in [0.2, 0.25) is 0 Å². The van der Waals surface area contributed by atoms with Crippen molar-refractivity contribution < 1.29 is 33.1 Å². The number of halogens is 2. The van der Waals surface area contributed by atoms with Crippen molar-refractivity contribution in [1.29, 1.82) is 0 Å². The molecule has 1 aliphatic rings. The maximum absolute atomic E-state index is 14.0. The van der Waals surface area contributed by atoms with E-state index >= 15 is 0 Å². The molecule has 0 aromatic heterocycles. The molecule has 47 heavy (non-hydrogen) atoms. The Balaban J connectivity index is 1.45. The zero-order valence-electron chi connectivity index (χ0n) is 25.8. The van der Waals surface area contributed by atoms with Crippen LogP contribution < -0.4 is 15.5 Å². The normalized spacial score (nSPS) is 16.7. The lowest BCUT2D eigenvalue weighted by atomic mass is 10.0. The molecule has 3 atom stereocenters. The van der Waals surface area contributed by atoms with Crippen LogP contribution in [-0.2, 0) is 4.79 Å². The molecule has 11 heteroatoms. The van der Waals surface area contributed by atoms with Crippen molar-refractivity contribution in [2.45, 2.75) is 38.4 Å². The summed E-state index contributed by atoms with van der Waals surface area (Å²) in [6.07, 6.45) is -0.444. The predicted molar refractivity (Wildman–Crippen MR) is 173 cm³/mol. The zero-order chi connectivity index (χ0) is 33.7. The van der Waals surface area contributed by atoms with Crippen LogP contribution in [0.25, 0.3) is 0 Å². The molecule has 242 valence electrons. The first-order chi connectivity index (χ1) is 22.5. The largest absolute Gasteiger partial charge is 0.481 e. The van der Waals surface area contributed by atoms with Gasteiger partial charge in [0.1, 0.15) is 11.6 Å². The third kappa shape index (κ3) is 7.81. The fraction of sp³-hybridized carbons (Fsp3) is 0.222. The maximum atomic E-state index is 14.0. The predicted octanol–water partition coefficient (Wildman–Crippen LogP) is 5.90. The highest BCUT2D eigenvalue weighted by Gasteiger charge is 2.34. The average molecular weight is 641 g/mol. The molecule has 3 amide bonds. The van der Waals surface area contributed by atoms with Gasteiger partial charge >= 0.3 is 5.97 Å². The minimum Gasteiger partial charge on any atom is -0.481 e. The third-order valence-corrected chi connectivity index (χ3v) is 8.13. The first kappa shape index (κ1) is 32.8. The van der Waals surface area contributed by atoms with Gasteiger partial charge in [0.05, 0.1) is 23.8 Å². The third-order valence-electron chi connectivity index (χ3n) is 8.13. The minimum atomic E-state index is -1.16. The summed E-state index contributed by atoms with van der Waals surface area (Å²) in [5, 5.41) is 15.0. The van der Waals surface area contributed by atoms with E-state index in [1.165, 1.54) is 48.5 Å². The summed E-state index contributed by atoms with van der Waals surface area (Å²) in [5.74, 6) is -3.56. The van der Waals surface area contributed by atoms with Gasteiger partial charge in [-0.25, -0.2) is 8.78 Å². The molecular weight excluding hydrogens is 606 g/mol. The number of rotatable bonds is 9. The summed E-state index contributed by atoms with van der Waals surface area (Å²) in [4.78, 5) is 55.5. The van der Waals surface area contributed by atoms with Crippen molar-refractivity contribution in [1.82, 2.24) is 10.2 Å². The first-order valence-corrected chi connectivity index (χ1v) is 15.1. The van der Waals surface area contributed by atoms with Gasteiger partial charge in [-0.05, 0) is 80.1 Å². The number of carbonyl (C=O) groups is 4. The second-order valence-electron chi connectivity index (χ2n) is 11.5. The number of piperazine rings is 1. The smallest absolute Gasteiger partial charge is 0.305 e. The second-order valence-corrected chi connectivity index (χ2v) is 11.5. The fourth-order valence-electron chi connectivity index (χ4n) is 5.71. The average Bonchev–Trinajstić information content (AvgIpc) is 3.05. The van der Waals surface area contributed by atoms with Crippen LogP contribution in [0.5, 0.6) is 0 Å². The molecule has 1 aliphatic heterocycles. The fourth-order valence-corrected chi connectivity index (χ4v) is 5.71. The summed E-state index contributed by atoms with van der Waals surface area (Å²) in [5.41, 5.74) is 2.04. The van der Waals surface area contributed by atoms with Crippen molar-refractivity contribution >= 4 is 35.1 Å². The molecule has 1 heterocycles. The van der Waals surface area contributed by atoms with Crippen molar-refractivity contribution in [3.8, 4) is 0 Å².